The minimum absolute atomic E-state index is 0.0103. The monoisotopic (exact) mass is 310 g/mol. The van der Waals surface area contributed by atoms with Gasteiger partial charge in [0.05, 0.1) is 10.9 Å². The lowest BCUT2D eigenvalue weighted by atomic mass is 10.2. The second-order valence-corrected chi connectivity index (χ2v) is 6.05. The highest BCUT2D eigenvalue weighted by Crippen LogP contribution is 2.19. The van der Waals surface area contributed by atoms with E-state index in [1.165, 1.54) is 42.5 Å². The number of carboxylic acid groups (broad SMARTS) is 1. The molecule has 1 N–H and O–H groups in total. The summed E-state index contributed by atoms with van der Waals surface area (Å²) in [6, 6.07) is 11.1. The molecule has 0 aromatic heterocycles. The van der Waals surface area contributed by atoms with E-state index in [0.29, 0.717) is 0 Å². The topological polar surface area (TPSA) is 86.3 Å². The van der Waals surface area contributed by atoms with Gasteiger partial charge in [-0.2, -0.15) is 0 Å². The van der Waals surface area contributed by atoms with Crippen molar-refractivity contribution < 1.29 is 18.3 Å². The fraction of sp³-hybridized carbons (Fsp3) is 0. The number of halogens is 1. The minimum atomic E-state index is -3.83. The van der Waals surface area contributed by atoms with E-state index >= 15 is 0 Å². The lowest BCUT2D eigenvalue weighted by Gasteiger charge is -2.10. The van der Waals surface area contributed by atoms with Gasteiger partial charge < -0.3 is 9.90 Å². The van der Waals surface area contributed by atoms with Gasteiger partial charge >= 0.3 is 0 Å². The van der Waals surface area contributed by atoms with Crippen LogP contribution in [0, 0.1) is 0 Å². The molecule has 2 aromatic rings. The predicted octanol–water partition coefficient (Wildman–Crippen LogP) is 1.50. The van der Waals surface area contributed by atoms with Crippen molar-refractivity contribution in [2.75, 3.05) is 4.72 Å². The van der Waals surface area contributed by atoms with Gasteiger partial charge in [-0.25, -0.2) is 8.42 Å². The first-order valence-electron chi connectivity index (χ1n) is 5.48. The average Bonchev–Trinajstić information content (AvgIpc) is 2.38. The van der Waals surface area contributed by atoms with E-state index in [4.69, 9.17) is 11.6 Å². The van der Waals surface area contributed by atoms with Crippen LogP contribution in [0.3, 0.4) is 0 Å². The quantitative estimate of drug-likeness (QED) is 0.927. The van der Waals surface area contributed by atoms with Crippen LogP contribution >= 0.6 is 11.6 Å². The number of hydrogen-bond donors (Lipinski definition) is 1. The number of benzene rings is 2. The number of rotatable bonds is 4. The Hall–Kier alpha value is -2.05. The Morgan fingerprint density at radius 1 is 1.10 bits per heavy atom. The van der Waals surface area contributed by atoms with Crippen molar-refractivity contribution in [3.8, 4) is 0 Å². The van der Waals surface area contributed by atoms with Crippen LogP contribution in [0.15, 0.2) is 53.4 Å². The lowest BCUT2D eigenvalue weighted by molar-refractivity contribution is -0.255. The molecule has 0 aliphatic heterocycles. The molecule has 0 radical (unpaired) electrons. The van der Waals surface area contributed by atoms with Gasteiger partial charge in [0.25, 0.3) is 10.0 Å². The molecule has 0 saturated carbocycles. The molecule has 104 valence electrons. The summed E-state index contributed by atoms with van der Waals surface area (Å²) in [4.78, 5) is 10.7. The van der Waals surface area contributed by atoms with Crippen LogP contribution in [0.5, 0.6) is 0 Å². The summed E-state index contributed by atoms with van der Waals surface area (Å²) < 4.78 is 26.5. The van der Waals surface area contributed by atoms with Crippen LogP contribution in [0.1, 0.15) is 10.4 Å². The third kappa shape index (κ3) is 3.28. The van der Waals surface area contributed by atoms with Gasteiger partial charge in [0.15, 0.2) is 0 Å². The summed E-state index contributed by atoms with van der Waals surface area (Å²) in [5.41, 5.74) is 0.0166. The molecule has 7 heteroatoms. The molecule has 20 heavy (non-hydrogen) atoms. The molecule has 0 fully saturated rings. The molecule has 0 saturated heterocycles. The van der Waals surface area contributed by atoms with Gasteiger partial charge in [0.1, 0.15) is 0 Å². The van der Waals surface area contributed by atoms with Gasteiger partial charge in [-0.3, -0.25) is 4.72 Å². The molecule has 0 bridgehead atoms. The maximum absolute atomic E-state index is 12.1. The van der Waals surface area contributed by atoms with E-state index in [1.807, 2.05) is 0 Å². The Bertz CT molecular complexity index is 758. The Morgan fingerprint density at radius 3 is 2.45 bits per heavy atom. The first-order valence-corrected chi connectivity index (χ1v) is 7.34. The van der Waals surface area contributed by atoms with Gasteiger partial charge in [-0.15, -0.1) is 0 Å². The summed E-state index contributed by atoms with van der Waals surface area (Å²) in [5.74, 6) is -1.38. The zero-order valence-electron chi connectivity index (χ0n) is 10.0. The van der Waals surface area contributed by atoms with Crippen LogP contribution in [0.2, 0.25) is 5.02 Å². The number of sulfonamides is 1. The van der Waals surface area contributed by atoms with Crippen molar-refractivity contribution in [2.45, 2.75) is 4.90 Å². The van der Waals surface area contributed by atoms with Crippen molar-refractivity contribution in [1.29, 1.82) is 0 Å². The Balaban J connectivity index is 2.33. The Labute approximate surface area is 120 Å². The maximum atomic E-state index is 12.1. The number of hydrogen-bond acceptors (Lipinski definition) is 4. The smallest absolute Gasteiger partial charge is 0.261 e. The molecule has 0 amide bonds. The summed E-state index contributed by atoms with van der Waals surface area (Å²) in [7, 11) is -3.83. The van der Waals surface area contributed by atoms with Crippen molar-refractivity contribution in [2.24, 2.45) is 0 Å². The molecule has 2 aromatic carbocycles. The molecule has 0 atom stereocenters. The molecule has 5 nitrogen and oxygen atoms in total. The zero-order chi connectivity index (χ0) is 14.8. The van der Waals surface area contributed by atoms with E-state index in [0.717, 1.165) is 0 Å². The minimum Gasteiger partial charge on any atom is -0.545 e. The largest absolute Gasteiger partial charge is 0.545 e. The van der Waals surface area contributed by atoms with E-state index in [9.17, 15) is 18.3 Å². The fourth-order valence-electron chi connectivity index (χ4n) is 1.56. The SMILES string of the molecule is O=C([O-])c1cccc(NS(=O)(=O)c2cccc(Cl)c2)c1. The fourth-order valence-corrected chi connectivity index (χ4v) is 2.91. The molecule has 0 unspecified atom stereocenters. The molecular weight excluding hydrogens is 302 g/mol. The number of carbonyl (C=O) groups is 1. The molecule has 0 heterocycles. The molecule has 0 spiro atoms. The third-order valence-electron chi connectivity index (χ3n) is 2.46. The summed E-state index contributed by atoms with van der Waals surface area (Å²) in [6.45, 7) is 0. The van der Waals surface area contributed by atoms with Gasteiger partial charge in [-0.1, -0.05) is 29.8 Å². The van der Waals surface area contributed by atoms with Crippen LogP contribution in [0.25, 0.3) is 0 Å². The van der Waals surface area contributed by atoms with Crippen molar-refractivity contribution in [3.05, 3.63) is 59.1 Å². The number of aromatic carboxylic acids is 1. The van der Waals surface area contributed by atoms with E-state index in [1.54, 1.807) is 6.07 Å². The van der Waals surface area contributed by atoms with E-state index < -0.39 is 16.0 Å². The van der Waals surface area contributed by atoms with Gasteiger partial charge in [-0.05, 0) is 35.9 Å². The lowest BCUT2D eigenvalue weighted by Crippen LogP contribution is -2.22. The van der Waals surface area contributed by atoms with Crippen LogP contribution in [-0.2, 0) is 10.0 Å². The van der Waals surface area contributed by atoms with Crippen LogP contribution in [-0.4, -0.2) is 14.4 Å². The van der Waals surface area contributed by atoms with E-state index in [2.05, 4.69) is 4.72 Å². The first-order chi connectivity index (χ1) is 9.38. The number of carbonyl (C=O) groups excluding carboxylic acids is 1. The summed E-state index contributed by atoms with van der Waals surface area (Å²) in [6.07, 6.45) is 0. The molecule has 0 aliphatic carbocycles. The van der Waals surface area contributed by atoms with Gasteiger partial charge in [0, 0.05) is 10.7 Å². The summed E-state index contributed by atoms with van der Waals surface area (Å²) in [5, 5.41) is 11.0. The highest BCUT2D eigenvalue weighted by molar-refractivity contribution is 7.92. The van der Waals surface area contributed by atoms with Crippen LogP contribution < -0.4 is 9.83 Å². The Morgan fingerprint density at radius 2 is 1.80 bits per heavy atom. The Kier molecular flexibility index (Phi) is 3.96. The highest BCUT2D eigenvalue weighted by atomic mass is 35.5. The summed E-state index contributed by atoms with van der Waals surface area (Å²) >= 11 is 5.74. The third-order valence-corrected chi connectivity index (χ3v) is 4.07. The average molecular weight is 311 g/mol. The maximum Gasteiger partial charge on any atom is 0.261 e. The van der Waals surface area contributed by atoms with Crippen molar-refractivity contribution in [3.63, 3.8) is 0 Å². The predicted molar refractivity (Wildman–Crippen MR) is 73.0 cm³/mol. The van der Waals surface area contributed by atoms with Gasteiger partial charge in [0.2, 0.25) is 0 Å². The second-order valence-electron chi connectivity index (χ2n) is 3.93. The zero-order valence-corrected chi connectivity index (χ0v) is 11.6. The van der Waals surface area contributed by atoms with Crippen molar-refractivity contribution >= 4 is 33.3 Å². The molecule has 2 rings (SSSR count). The highest BCUT2D eigenvalue weighted by Gasteiger charge is 2.14. The standard InChI is InChI=1S/C13H10ClNO4S/c14-10-4-2-6-12(8-10)20(18,19)15-11-5-1-3-9(7-11)13(16)17/h1-8,15H,(H,16,17)/p-1. The second kappa shape index (κ2) is 5.52. The van der Waals surface area contributed by atoms with Crippen LogP contribution in [0.4, 0.5) is 5.69 Å². The first kappa shape index (κ1) is 14.4. The van der Waals surface area contributed by atoms with E-state index in [-0.39, 0.29) is 21.2 Å². The molecular formula is C13H9ClNO4S-. The number of anilines is 1. The van der Waals surface area contributed by atoms with Crippen molar-refractivity contribution in [1.82, 2.24) is 0 Å². The number of carboxylic acids is 1. The molecule has 0 aliphatic rings. The normalized spacial score (nSPS) is 11.1. The number of nitrogens with one attached hydrogen (secondary N) is 1.